The standard InChI is InChI=1S/C25H33N9O2/c1-26-21-20-22(34(15-27-20)25(36)29-18-9-10-18)31-24(30-21)28-19-8-4-6-16(12-19)13-33-11-5-7-17(14-33)23(35)32(2)3/h4,6,8,12,15,17-18H,5,7,9-11,13-14H2,1-3H3,(H,29,36)(H2,26,28,30,31). The van der Waals surface area contributed by atoms with E-state index in [0.717, 1.165) is 56.6 Å². The summed E-state index contributed by atoms with van der Waals surface area (Å²) in [4.78, 5) is 42.6. The number of imidazole rings is 1. The molecule has 1 saturated carbocycles. The van der Waals surface area contributed by atoms with E-state index in [1.807, 2.05) is 26.2 Å². The van der Waals surface area contributed by atoms with Crippen LogP contribution in [0.4, 0.5) is 22.2 Å². The van der Waals surface area contributed by atoms with E-state index in [0.29, 0.717) is 22.9 Å². The van der Waals surface area contributed by atoms with E-state index in [2.05, 4.69) is 47.9 Å². The Labute approximate surface area is 210 Å². The van der Waals surface area contributed by atoms with E-state index in [-0.39, 0.29) is 23.9 Å². The van der Waals surface area contributed by atoms with E-state index < -0.39 is 0 Å². The summed E-state index contributed by atoms with van der Waals surface area (Å²) in [6.45, 7) is 2.52. The number of nitrogens with one attached hydrogen (secondary N) is 3. The molecule has 2 aromatic heterocycles. The van der Waals surface area contributed by atoms with Gasteiger partial charge < -0.3 is 20.9 Å². The fraction of sp³-hybridized carbons (Fsp3) is 0.480. The number of fused-ring (bicyclic) bond motifs is 1. The number of nitrogens with zero attached hydrogens (tertiary/aromatic N) is 6. The van der Waals surface area contributed by atoms with Crippen molar-refractivity contribution in [2.45, 2.75) is 38.3 Å². The van der Waals surface area contributed by atoms with Crippen LogP contribution < -0.4 is 16.0 Å². The number of hydrogen-bond donors (Lipinski definition) is 3. The minimum Gasteiger partial charge on any atom is -0.371 e. The molecule has 0 bridgehead atoms. The minimum atomic E-state index is -0.235. The number of anilines is 3. The number of rotatable bonds is 7. The zero-order valence-electron chi connectivity index (χ0n) is 21.0. The third kappa shape index (κ3) is 5.25. The molecule has 3 heterocycles. The maximum atomic E-state index is 12.7. The first-order valence-corrected chi connectivity index (χ1v) is 12.4. The zero-order valence-corrected chi connectivity index (χ0v) is 21.0. The maximum Gasteiger partial charge on any atom is 0.328 e. The monoisotopic (exact) mass is 491 g/mol. The van der Waals surface area contributed by atoms with Gasteiger partial charge in [-0.3, -0.25) is 9.69 Å². The number of carbonyl (C=O) groups excluding carboxylic acids is 2. The molecule has 1 saturated heterocycles. The first-order valence-electron chi connectivity index (χ1n) is 12.4. The van der Waals surface area contributed by atoms with Crippen molar-refractivity contribution in [3.8, 4) is 0 Å². The lowest BCUT2D eigenvalue weighted by Gasteiger charge is -2.33. The molecule has 2 aliphatic rings. The number of piperidine rings is 1. The molecular weight excluding hydrogens is 458 g/mol. The molecule has 0 radical (unpaired) electrons. The molecule has 3 N–H and O–H groups in total. The first kappa shape index (κ1) is 24.0. The van der Waals surface area contributed by atoms with Crippen molar-refractivity contribution in [3.05, 3.63) is 36.2 Å². The summed E-state index contributed by atoms with van der Waals surface area (Å²) in [6.07, 6.45) is 5.45. The van der Waals surface area contributed by atoms with Gasteiger partial charge in [0, 0.05) is 46.0 Å². The molecule has 190 valence electrons. The van der Waals surface area contributed by atoms with E-state index in [9.17, 15) is 9.59 Å². The van der Waals surface area contributed by atoms with Crippen LogP contribution in [0.1, 0.15) is 31.2 Å². The van der Waals surface area contributed by atoms with Crippen molar-refractivity contribution >= 4 is 40.6 Å². The van der Waals surface area contributed by atoms with Crippen LogP contribution in [0.25, 0.3) is 11.2 Å². The minimum absolute atomic E-state index is 0.0529. The number of aromatic nitrogens is 4. The Morgan fingerprint density at radius 1 is 1.17 bits per heavy atom. The van der Waals surface area contributed by atoms with Crippen LogP contribution in [0.3, 0.4) is 0 Å². The Kier molecular flexibility index (Phi) is 6.73. The van der Waals surface area contributed by atoms with Crippen LogP contribution in [0.5, 0.6) is 0 Å². The molecular formula is C25H33N9O2. The average Bonchev–Trinajstić information content (AvgIpc) is 3.58. The Morgan fingerprint density at radius 2 is 2.00 bits per heavy atom. The van der Waals surface area contributed by atoms with E-state index in [1.54, 1.807) is 11.9 Å². The van der Waals surface area contributed by atoms with E-state index in [1.165, 1.54) is 10.9 Å². The van der Waals surface area contributed by atoms with Crippen LogP contribution in [-0.4, -0.2) is 81.5 Å². The van der Waals surface area contributed by atoms with Gasteiger partial charge >= 0.3 is 6.03 Å². The van der Waals surface area contributed by atoms with Crippen LogP contribution in [0, 0.1) is 5.92 Å². The highest BCUT2D eigenvalue weighted by molar-refractivity contribution is 5.92. The van der Waals surface area contributed by atoms with E-state index >= 15 is 0 Å². The normalized spacial score (nSPS) is 18.1. The molecule has 5 rings (SSSR count). The number of hydrogen-bond acceptors (Lipinski definition) is 8. The number of likely N-dealkylation sites (tertiary alicyclic amines) is 1. The molecule has 11 heteroatoms. The molecule has 2 fully saturated rings. The Hall–Kier alpha value is -3.73. The van der Waals surface area contributed by atoms with Gasteiger partial charge in [-0.2, -0.15) is 9.97 Å². The van der Waals surface area contributed by atoms with Gasteiger partial charge in [-0.15, -0.1) is 0 Å². The highest BCUT2D eigenvalue weighted by Gasteiger charge is 2.27. The summed E-state index contributed by atoms with van der Waals surface area (Å²) < 4.78 is 1.43. The Morgan fingerprint density at radius 3 is 2.75 bits per heavy atom. The molecule has 1 aliphatic carbocycles. The van der Waals surface area contributed by atoms with Crippen molar-refractivity contribution in [2.75, 3.05) is 44.9 Å². The summed E-state index contributed by atoms with van der Waals surface area (Å²) in [5.41, 5.74) is 2.97. The van der Waals surface area contributed by atoms with Gasteiger partial charge in [-0.05, 0) is 49.9 Å². The van der Waals surface area contributed by atoms with Crippen molar-refractivity contribution in [2.24, 2.45) is 5.92 Å². The summed E-state index contributed by atoms with van der Waals surface area (Å²) >= 11 is 0. The summed E-state index contributed by atoms with van der Waals surface area (Å²) in [5, 5.41) is 9.31. The molecule has 36 heavy (non-hydrogen) atoms. The quantitative estimate of drug-likeness (QED) is 0.461. The lowest BCUT2D eigenvalue weighted by atomic mass is 9.96. The van der Waals surface area contributed by atoms with Crippen molar-refractivity contribution in [3.63, 3.8) is 0 Å². The molecule has 1 aromatic carbocycles. The summed E-state index contributed by atoms with van der Waals surface area (Å²) in [5.74, 6) is 1.17. The van der Waals surface area contributed by atoms with Gasteiger partial charge in [0.15, 0.2) is 17.0 Å². The van der Waals surface area contributed by atoms with Gasteiger partial charge in [-0.25, -0.2) is 14.3 Å². The SMILES string of the molecule is CNc1nc(Nc2cccc(CN3CCCC(C(=O)N(C)C)C3)c2)nc2c1ncn2C(=O)NC1CC1. The number of amides is 2. The van der Waals surface area contributed by atoms with Crippen molar-refractivity contribution < 1.29 is 9.59 Å². The van der Waals surface area contributed by atoms with Crippen LogP contribution in [0.15, 0.2) is 30.6 Å². The number of benzene rings is 1. The highest BCUT2D eigenvalue weighted by atomic mass is 16.2. The Bertz CT molecular complexity index is 1270. The third-order valence-electron chi connectivity index (χ3n) is 6.64. The van der Waals surface area contributed by atoms with Crippen LogP contribution >= 0.6 is 0 Å². The zero-order chi connectivity index (χ0) is 25.2. The second-order valence-electron chi connectivity index (χ2n) is 9.79. The predicted molar refractivity (Wildman–Crippen MR) is 138 cm³/mol. The number of carbonyl (C=O) groups is 2. The second-order valence-corrected chi connectivity index (χ2v) is 9.79. The fourth-order valence-electron chi connectivity index (χ4n) is 4.65. The predicted octanol–water partition coefficient (Wildman–Crippen LogP) is 2.63. The van der Waals surface area contributed by atoms with Crippen LogP contribution in [-0.2, 0) is 11.3 Å². The second kappa shape index (κ2) is 10.1. The molecule has 2 amide bonds. The lowest BCUT2D eigenvalue weighted by Crippen LogP contribution is -2.42. The Balaban J connectivity index is 1.32. The van der Waals surface area contributed by atoms with Crippen LogP contribution in [0.2, 0.25) is 0 Å². The fourth-order valence-corrected chi connectivity index (χ4v) is 4.65. The average molecular weight is 492 g/mol. The van der Waals surface area contributed by atoms with Crippen molar-refractivity contribution in [1.29, 1.82) is 0 Å². The largest absolute Gasteiger partial charge is 0.371 e. The maximum absolute atomic E-state index is 12.7. The van der Waals surface area contributed by atoms with Gasteiger partial charge in [0.2, 0.25) is 11.9 Å². The summed E-state index contributed by atoms with van der Waals surface area (Å²) in [6, 6.07) is 8.11. The van der Waals surface area contributed by atoms with Gasteiger partial charge in [0.05, 0.1) is 5.92 Å². The molecule has 1 aliphatic heterocycles. The molecule has 11 nitrogen and oxygen atoms in total. The van der Waals surface area contributed by atoms with E-state index in [4.69, 9.17) is 0 Å². The molecule has 3 aromatic rings. The van der Waals surface area contributed by atoms with Gasteiger partial charge in [0.1, 0.15) is 6.33 Å². The topological polar surface area (TPSA) is 120 Å². The van der Waals surface area contributed by atoms with Gasteiger partial charge in [0.25, 0.3) is 0 Å². The summed E-state index contributed by atoms with van der Waals surface area (Å²) in [7, 11) is 5.41. The smallest absolute Gasteiger partial charge is 0.328 e. The molecule has 1 atom stereocenters. The van der Waals surface area contributed by atoms with Gasteiger partial charge in [-0.1, -0.05) is 12.1 Å². The molecule has 1 unspecified atom stereocenters. The third-order valence-corrected chi connectivity index (χ3v) is 6.64. The lowest BCUT2D eigenvalue weighted by molar-refractivity contribution is -0.134. The van der Waals surface area contributed by atoms with Crippen molar-refractivity contribution in [1.82, 2.24) is 34.6 Å². The first-order chi connectivity index (χ1) is 17.4. The highest BCUT2D eigenvalue weighted by Crippen LogP contribution is 2.25. The molecule has 0 spiro atoms.